The van der Waals surface area contributed by atoms with Crippen molar-refractivity contribution >= 4 is 0 Å². The number of nitrogens with one attached hydrogen (secondary N) is 1. The van der Waals surface area contributed by atoms with Crippen LogP contribution in [0.3, 0.4) is 0 Å². The van der Waals surface area contributed by atoms with Crippen LogP contribution in [0, 0.1) is 0 Å². The van der Waals surface area contributed by atoms with Crippen LogP contribution < -0.4 is 5.32 Å². The van der Waals surface area contributed by atoms with Crippen molar-refractivity contribution in [3.8, 4) is 0 Å². The van der Waals surface area contributed by atoms with Crippen LogP contribution in [0.2, 0.25) is 0 Å². The van der Waals surface area contributed by atoms with Gasteiger partial charge in [-0.2, -0.15) is 5.10 Å². The van der Waals surface area contributed by atoms with E-state index in [1.165, 1.54) is 5.69 Å². The zero-order valence-corrected chi connectivity index (χ0v) is 10.5. The van der Waals surface area contributed by atoms with Crippen LogP contribution in [-0.2, 0) is 20.0 Å². The van der Waals surface area contributed by atoms with Gasteiger partial charge in [-0.1, -0.05) is 13.8 Å². The Morgan fingerprint density at radius 3 is 2.81 bits per heavy atom. The molecule has 0 spiro atoms. The van der Waals surface area contributed by atoms with Gasteiger partial charge in [-0.15, -0.1) is 0 Å². The predicted octanol–water partition coefficient (Wildman–Crippen LogP) is 1.23. The zero-order valence-electron chi connectivity index (χ0n) is 10.5. The molecule has 0 radical (unpaired) electrons. The molecule has 1 heterocycles. The van der Waals surface area contributed by atoms with E-state index in [4.69, 9.17) is 0 Å². The number of hydrogen-bond acceptors (Lipinski definition) is 3. The topological polar surface area (TPSA) is 50.1 Å². The van der Waals surface area contributed by atoms with Gasteiger partial charge in [-0.3, -0.25) is 4.68 Å². The maximum atomic E-state index is 9.39. The van der Waals surface area contributed by atoms with Gasteiger partial charge in [0.1, 0.15) is 0 Å². The van der Waals surface area contributed by atoms with E-state index in [0.717, 1.165) is 38.0 Å². The van der Waals surface area contributed by atoms with Crippen LogP contribution in [0.4, 0.5) is 0 Å². The molecule has 0 bridgehead atoms. The van der Waals surface area contributed by atoms with Crippen LogP contribution >= 0.6 is 0 Å². The number of aliphatic hydroxyl groups excluding tert-OH is 1. The molecule has 0 aliphatic heterocycles. The Hall–Kier alpha value is -0.870. The van der Waals surface area contributed by atoms with Crippen LogP contribution in [0.5, 0.6) is 0 Å². The van der Waals surface area contributed by atoms with Crippen LogP contribution in [0.15, 0.2) is 6.07 Å². The number of aliphatic hydroxyl groups is 1. The van der Waals surface area contributed by atoms with Crippen molar-refractivity contribution in [2.75, 3.05) is 6.54 Å². The summed E-state index contributed by atoms with van der Waals surface area (Å²) in [5, 5.41) is 17.1. The molecule has 1 unspecified atom stereocenters. The first-order chi connectivity index (χ1) is 7.67. The summed E-state index contributed by atoms with van der Waals surface area (Å²) in [4.78, 5) is 0. The van der Waals surface area contributed by atoms with Crippen molar-refractivity contribution in [1.82, 2.24) is 15.1 Å². The van der Waals surface area contributed by atoms with Gasteiger partial charge < -0.3 is 10.4 Å². The molecule has 4 heteroatoms. The van der Waals surface area contributed by atoms with E-state index in [-0.39, 0.29) is 6.10 Å². The van der Waals surface area contributed by atoms with E-state index >= 15 is 0 Å². The Balaban J connectivity index is 2.28. The number of rotatable bonds is 7. The Bertz CT molecular complexity index is 309. The Morgan fingerprint density at radius 2 is 2.25 bits per heavy atom. The van der Waals surface area contributed by atoms with Gasteiger partial charge in [0, 0.05) is 13.6 Å². The van der Waals surface area contributed by atoms with E-state index in [1.54, 1.807) is 0 Å². The van der Waals surface area contributed by atoms with Gasteiger partial charge in [0.25, 0.3) is 0 Å². The molecule has 0 aliphatic rings. The minimum Gasteiger partial charge on any atom is -0.393 e. The Kier molecular flexibility index (Phi) is 5.49. The summed E-state index contributed by atoms with van der Waals surface area (Å²) in [5.41, 5.74) is 2.33. The van der Waals surface area contributed by atoms with Crippen molar-refractivity contribution < 1.29 is 5.11 Å². The minimum absolute atomic E-state index is 0.176. The minimum atomic E-state index is -0.176. The van der Waals surface area contributed by atoms with E-state index in [1.807, 2.05) is 18.7 Å². The van der Waals surface area contributed by atoms with Gasteiger partial charge in [-0.05, 0) is 31.9 Å². The standard InChI is InChI=1S/C12H23N3O/c1-4-10-8-11(15(3)14-10)9-13-7-6-12(16)5-2/h8,12-13,16H,4-7,9H2,1-3H3. The third-order valence-corrected chi connectivity index (χ3v) is 2.82. The monoisotopic (exact) mass is 225 g/mol. The zero-order chi connectivity index (χ0) is 12.0. The van der Waals surface area contributed by atoms with Gasteiger partial charge in [0.2, 0.25) is 0 Å². The third-order valence-electron chi connectivity index (χ3n) is 2.82. The second-order valence-electron chi connectivity index (χ2n) is 4.13. The summed E-state index contributed by atoms with van der Waals surface area (Å²) in [6.45, 7) is 5.78. The van der Waals surface area contributed by atoms with E-state index in [2.05, 4.69) is 23.4 Å². The van der Waals surface area contributed by atoms with E-state index < -0.39 is 0 Å². The Morgan fingerprint density at radius 1 is 1.50 bits per heavy atom. The summed E-state index contributed by atoms with van der Waals surface area (Å²) >= 11 is 0. The lowest BCUT2D eigenvalue weighted by Crippen LogP contribution is -2.21. The number of nitrogens with zero attached hydrogens (tertiary/aromatic N) is 2. The molecule has 1 aromatic heterocycles. The third kappa shape index (κ3) is 3.94. The molecule has 2 N–H and O–H groups in total. The van der Waals surface area contributed by atoms with Crippen LogP contribution in [0.25, 0.3) is 0 Å². The van der Waals surface area contributed by atoms with Crippen LogP contribution in [-0.4, -0.2) is 27.5 Å². The molecule has 0 aromatic carbocycles. The first kappa shape index (κ1) is 13.2. The van der Waals surface area contributed by atoms with Crippen molar-refractivity contribution in [1.29, 1.82) is 0 Å². The smallest absolute Gasteiger partial charge is 0.0625 e. The lowest BCUT2D eigenvalue weighted by molar-refractivity contribution is 0.159. The van der Waals surface area contributed by atoms with Crippen molar-refractivity contribution in [3.63, 3.8) is 0 Å². The summed E-state index contributed by atoms with van der Waals surface area (Å²) in [6, 6.07) is 2.13. The second kappa shape index (κ2) is 6.66. The van der Waals surface area contributed by atoms with E-state index in [0.29, 0.717) is 0 Å². The Labute approximate surface area is 97.7 Å². The fourth-order valence-corrected chi connectivity index (χ4v) is 1.60. The fraction of sp³-hybridized carbons (Fsp3) is 0.750. The number of hydrogen-bond donors (Lipinski definition) is 2. The largest absolute Gasteiger partial charge is 0.393 e. The fourth-order valence-electron chi connectivity index (χ4n) is 1.60. The molecule has 92 valence electrons. The van der Waals surface area contributed by atoms with Crippen LogP contribution in [0.1, 0.15) is 38.1 Å². The molecule has 0 fully saturated rings. The lowest BCUT2D eigenvalue weighted by Gasteiger charge is -2.08. The summed E-state index contributed by atoms with van der Waals surface area (Å²) < 4.78 is 1.92. The maximum Gasteiger partial charge on any atom is 0.0625 e. The van der Waals surface area contributed by atoms with Crippen molar-refractivity contribution in [3.05, 3.63) is 17.5 Å². The van der Waals surface area contributed by atoms with Crippen molar-refractivity contribution in [2.24, 2.45) is 7.05 Å². The number of aryl methyl sites for hydroxylation is 2. The average molecular weight is 225 g/mol. The number of aromatic nitrogens is 2. The highest BCUT2D eigenvalue weighted by molar-refractivity contribution is 5.09. The molecule has 16 heavy (non-hydrogen) atoms. The summed E-state index contributed by atoms with van der Waals surface area (Å²) in [6.07, 6.45) is 2.44. The first-order valence-electron chi connectivity index (χ1n) is 6.07. The highest BCUT2D eigenvalue weighted by Crippen LogP contribution is 2.03. The molecule has 0 aliphatic carbocycles. The highest BCUT2D eigenvalue weighted by atomic mass is 16.3. The molecule has 1 aromatic rings. The molecular formula is C12H23N3O. The molecule has 1 atom stereocenters. The lowest BCUT2D eigenvalue weighted by atomic mass is 10.2. The summed E-state index contributed by atoms with van der Waals surface area (Å²) in [5.74, 6) is 0. The average Bonchev–Trinajstić information content (AvgIpc) is 2.65. The van der Waals surface area contributed by atoms with Crippen molar-refractivity contribution in [2.45, 2.75) is 45.8 Å². The quantitative estimate of drug-likeness (QED) is 0.686. The second-order valence-corrected chi connectivity index (χ2v) is 4.13. The predicted molar refractivity (Wildman–Crippen MR) is 65.2 cm³/mol. The van der Waals surface area contributed by atoms with Gasteiger partial charge in [0.05, 0.1) is 17.5 Å². The van der Waals surface area contributed by atoms with Gasteiger partial charge in [0.15, 0.2) is 0 Å². The molecular weight excluding hydrogens is 202 g/mol. The van der Waals surface area contributed by atoms with Gasteiger partial charge in [-0.25, -0.2) is 0 Å². The summed E-state index contributed by atoms with van der Waals surface area (Å²) in [7, 11) is 1.97. The van der Waals surface area contributed by atoms with E-state index in [9.17, 15) is 5.11 Å². The molecule has 0 amide bonds. The molecule has 4 nitrogen and oxygen atoms in total. The SMILES string of the molecule is CCc1cc(CNCCC(O)CC)n(C)n1. The highest BCUT2D eigenvalue weighted by Gasteiger charge is 2.04. The molecule has 0 saturated carbocycles. The first-order valence-corrected chi connectivity index (χ1v) is 6.07. The normalized spacial score (nSPS) is 13.0. The molecule has 0 saturated heterocycles. The maximum absolute atomic E-state index is 9.39. The van der Waals surface area contributed by atoms with Gasteiger partial charge >= 0.3 is 0 Å². The molecule has 1 rings (SSSR count).